The highest BCUT2D eigenvalue weighted by Gasteiger charge is 2.05. The summed E-state index contributed by atoms with van der Waals surface area (Å²) in [5.74, 6) is 0.264. The van der Waals surface area contributed by atoms with Crippen molar-refractivity contribution in [2.24, 2.45) is 0 Å². The van der Waals surface area contributed by atoms with E-state index in [2.05, 4.69) is 25.9 Å². The molecule has 0 saturated heterocycles. The van der Waals surface area contributed by atoms with Crippen molar-refractivity contribution in [3.05, 3.63) is 36.3 Å². The zero-order valence-corrected chi connectivity index (χ0v) is 10.6. The van der Waals surface area contributed by atoms with Crippen molar-refractivity contribution in [3.63, 3.8) is 0 Å². The molecule has 7 heteroatoms. The number of rotatable bonds is 4. The lowest BCUT2D eigenvalue weighted by atomic mass is 10.2. The van der Waals surface area contributed by atoms with Crippen molar-refractivity contribution < 1.29 is 0 Å². The topological polar surface area (TPSA) is 93.5 Å². The Labute approximate surface area is 110 Å². The predicted octanol–water partition coefficient (Wildman–Crippen LogP) is 1.24. The van der Waals surface area contributed by atoms with Gasteiger partial charge in [-0.1, -0.05) is 0 Å². The smallest absolute Gasteiger partial charge is 0.216 e. The molecule has 1 aromatic carbocycles. The van der Waals surface area contributed by atoms with Crippen molar-refractivity contribution in [2.45, 2.75) is 0 Å². The number of nitriles is 1. The van der Waals surface area contributed by atoms with Gasteiger partial charge in [0, 0.05) is 31.7 Å². The van der Waals surface area contributed by atoms with Crippen molar-refractivity contribution in [1.82, 2.24) is 20.6 Å². The maximum absolute atomic E-state index is 9.01. The Kier molecular flexibility index (Phi) is 3.73. The van der Waals surface area contributed by atoms with Gasteiger partial charge < -0.3 is 10.2 Å². The molecule has 0 atom stereocenters. The number of nitrogens with one attached hydrogen (secondary N) is 2. The van der Waals surface area contributed by atoms with Gasteiger partial charge in [0.1, 0.15) is 11.6 Å². The van der Waals surface area contributed by atoms with Crippen LogP contribution in [0.3, 0.4) is 0 Å². The molecule has 0 aliphatic heterocycles. The molecule has 19 heavy (non-hydrogen) atoms. The molecule has 1 aromatic heterocycles. The van der Waals surface area contributed by atoms with E-state index in [-0.39, 0.29) is 5.82 Å². The van der Waals surface area contributed by atoms with E-state index in [9.17, 15) is 0 Å². The van der Waals surface area contributed by atoms with Gasteiger partial charge in [0.05, 0.1) is 0 Å². The van der Waals surface area contributed by atoms with E-state index in [1.807, 2.05) is 49.3 Å². The van der Waals surface area contributed by atoms with Crippen LogP contribution in [0.15, 0.2) is 30.5 Å². The molecule has 96 valence electrons. The first-order chi connectivity index (χ1) is 9.20. The summed E-state index contributed by atoms with van der Waals surface area (Å²) >= 11 is 0. The lowest BCUT2D eigenvalue weighted by Gasteiger charge is -2.12. The second-order valence-corrected chi connectivity index (χ2v) is 3.99. The Morgan fingerprint density at radius 3 is 2.63 bits per heavy atom. The van der Waals surface area contributed by atoms with Crippen molar-refractivity contribution in [1.29, 1.82) is 5.26 Å². The molecular weight excluding hydrogens is 242 g/mol. The molecule has 0 radical (unpaired) electrons. The second-order valence-electron chi connectivity index (χ2n) is 3.99. The van der Waals surface area contributed by atoms with Gasteiger partial charge in [-0.3, -0.25) is 0 Å². The molecule has 7 nitrogen and oxygen atoms in total. The van der Waals surface area contributed by atoms with Gasteiger partial charge >= 0.3 is 0 Å². The molecule has 0 spiro atoms. The third kappa shape index (κ3) is 3.07. The monoisotopic (exact) mass is 255 g/mol. The van der Waals surface area contributed by atoms with E-state index in [0.717, 1.165) is 11.4 Å². The molecule has 0 saturated carbocycles. The van der Waals surface area contributed by atoms with Crippen LogP contribution in [0.25, 0.3) is 5.57 Å². The summed E-state index contributed by atoms with van der Waals surface area (Å²) in [5.41, 5.74) is 2.29. The number of allylic oxidation sites excluding steroid dienone is 1. The molecule has 0 amide bonds. The molecule has 0 bridgehead atoms. The average Bonchev–Trinajstić information content (AvgIpc) is 2.94. The minimum Gasteiger partial charge on any atom is -0.378 e. The second kappa shape index (κ2) is 5.64. The summed E-state index contributed by atoms with van der Waals surface area (Å²) in [5, 5.41) is 25.3. The largest absolute Gasteiger partial charge is 0.378 e. The third-order valence-electron chi connectivity index (χ3n) is 2.47. The third-order valence-corrected chi connectivity index (χ3v) is 2.47. The molecule has 0 fully saturated rings. The fourth-order valence-corrected chi connectivity index (χ4v) is 1.43. The Morgan fingerprint density at radius 2 is 2.11 bits per heavy atom. The standard InChI is InChI=1S/C12H13N7/c1-19(2)11-5-3-10(4-6-11)14-8-9(7-13)12-15-17-18-16-12/h3-6,8,14H,1-2H3,(H,15,16,17,18). The van der Waals surface area contributed by atoms with Crippen molar-refractivity contribution >= 4 is 16.9 Å². The summed E-state index contributed by atoms with van der Waals surface area (Å²) < 4.78 is 0. The molecule has 0 aliphatic carbocycles. The maximum Gasteiger partial charge on any atom is 0.216 e. The zero-order chi connectivity index (χ0) is 13.7. The van der Waals surface area contributed by atoms with Crippen molar-refractivity contribution in [3.8, 4) is 6.07 Å². The summed E-state index contributed by atoms with van der Waals surface area (Å²) in [6, 6.07) is 9.83. The summed E-state index contributed by atoms with van der Waals surface area (Å²) in [4.78, 5) is 2.01. The van der Waals surface area contributed by atoms with E-state index in [0.29, 0.717) is 5.57 Å². The summed E-state index contributed by atoms with van der Waals surface area (Å²) in [6.45, 7) is 0. The number of nitrogens with zero attached hydrogens (tertiary/aromatic N) is 5. The van der Waals surface area contributed by atoms with Crippen LogP contribution in [-0.2, 0) is 0 Å². The van der Waals surface area contributed by atoms with Crippen LogP contribution in [0.5, 0.6) is 0 Å². The van der Waals surface area contributed by atoms with E-state index in [1.54, 1.807) is 6.20 Å². The number of H-pyrrole nitrogens is 1. The highest BCUT2D eigenvalue weighted by atomic mass is 15.5. The number of aromatic nitrogens is 4. The Hall–Kier alpha value is -2.88. The van der Waals surface area contributed by atoms with Crippen LogP contribution >= 0.6 is 0 Å². The normalized spacial score (nSPS) is 10.9. The van der Waals surface area contributed by atoms with Crippen LogP contribution in [0, 0.1) is 11.3 Å². The molecular formula is C12H13N7. The van der Waals surface area contributed by atoms with E-state index in [4.69, 9.17) is 5.26 Å². The van der Waals surface area contributed by atoms with Crippen LogP contribution < -0.4 is 10.2 Å². The molecule has 1 heterocycles. The number of aromatic amines is 1. The number of hydrogen-bond donors (Lipinski definition) is 2. The van der Waals surface area contributed by atoms with Gasteiger partial charge in [0.25, 0.3) is 0 Å². The van der Waals surface area contributed by atoms with Gasteiger partial charge in [0.2, 0.25) is 5.82 Å². The number of tetrazole rings is 1. The van der Waals surface area contributed by atoms with Gasteiger partial charge in [0.15, 0.2) is 0 Å². The van der Waals surface area contributed by atoms with Gasteiger partial charge in [-0.25, -0.2) is 0 Å². The first kappa shape index (κ1) is 12.6. The highest BCUT2D eigenvalue weighted by Crippen LogP contribution is 2.16. The summed E-state index contributed by atoms with van der Waals surface area (Å²) in [7, 11) is 3.96. The van der Waals surface area contributed by atoms with Crippen LogP contribution in [-0.4, -0.2) is 34.7 Å². The average molecular weight is 255 g/mol. The van der Waals surface area contributed by atoms with Crippen molar-refractivity contribution in [2.75, 3.05) is 24.3 Å². The predicted molar refractivity (Wildman–Crippen MR) is 72.2 cm³/mol. The molecule has 0 unspecified atom stereocenters. The summed E-state index contributed by atoms with van der Waals surface area (Å²) in [6.07, 6.45) is 1.55. The first-order valence-electron chi connectivity index (χ1n) is 5.58. The van der Waals surface area contributed by atoms with E-state index < -0.39 is 0 Å². The lowest BCUT2D eigenvalue weighted by molar-refractivity contribution is 0.881. The van der Waals surface area contributed by atoms with Gasteiger partial charge in [-0.2, -0.15) is 10.5 Å². The Bertz CT molecular complexity index is 590. The quantitative estimate of drug-likeness (QED) is 0.798. The number of anilines is 2. The minimum atomic E-state index is 0.264. The Balaban J connectivity index is 2.11. The fourth-order valence-electron chi connectivity index (χ4n) is 1.43. The molecule has 2 aromatic rings. The maximum atomic E-state index is 9.01. The van der Waals surface area contributed by atoms with Gasteiger partial charge in [-0.05, 0) is 29.5 Å². The lowest BCUT2D eigenvalue weighted by Crippen LogP contribution is -2.08. The fraction of sp³-hybridized carbons (Fsp3) is 0.167. The van der Waals surface area contributed by atoms with Crippen LogP contribution in [0.4, 0.5) is 11.4 Å². The molecule has 2 N–H and O–H groups in total. The first-order valence-corrected chi connectivity index (χ1v) is 5.58. The van der Waals surface area contributed by atoms with E-state index >= 15 is 0 Å². The Morgan fingerprint density at radius 1 is 1.37 bits per heavy atom. The highest BCUT2D eigenvalue weighted by molar-refractivity contribution is 5.74. The molecule has 2 rings (SSSR count). The number of hydrogen-bond acceptors (Lipinski definition) is 6. The minimum absolute atomic E-state index is 0.264. The van der Waals surface area contributed by atoms with Crippen LogP contribution in [0.2, 0.25) is 0 Å². The SMILES string of the molecule is CN(C)c1ccc(NC=C(C#N)c2nn[nH]n2)cc1. The van der Waals surface area contributed by atoms with E-state index in [1.165, 1.54) is 0 Å². The number of benzene rings is 1. The molecule has 0 aliphatic rings. The van der Waals surface area contributed by atoms with Gasteiger partial charge in [-0.15, -0.1) is 10.2 Å². The zero-order valence-electron chi connectivity index (χ0n) is 10.6. The van der Waals surface area contributed by atoms with Crippen LogP contribution in [0.1, 0.15) is 5.82 Å².